The van der Waals surface area contributed by atoms with Gasteiger partial charge >= 0.3 is 6.03 Å². The molecule has 0 aliphatic carbocycles. The number of benzene rings is 2. The number of imide groups is 1. The predicted molar refractivity (Wildman–Crippen MR) is 89.4 cm³/mol. The van der Waals surface area contributed by atoms with E-state index < -0.39 is 11.6 Å². The topological polar surface area (TPSA) is 88.3 Å². The Hall–Kier alpha value is -3.22. The summed E-state index contributed by atoms with van der Waals surface area (Å²) in [6.07, 6.45) is 0. The van der Waals surface area contributed by atoms with Crippen LogP contribution in [0.15, 0.2) is 46.9 Å². The zero-order valence-electron chi connectivity index (χ0n) is 13.8. The van der Waals surface area contributed by atoms with Gasteiger partial charge in [0.05, 0.1) is 0 Å². The van der Waals surface area contributed by atoms with Crippen LogP contribution in [0.3, 0.4) is 0 Å². The molecular weight excluding hydrogens is 320 g/mol. The number of aromatic nitrogens is 2. The number of rotatable bonds is 3. The molecule has 126 valence electrons. The number of fused-ring (bicyclic) bond motifs is 1. The molecule has 1 saturated heterocycles. The first-order valence-electron chi connectivity index (χ1n) is 7.90. The third-order valence-corrected chi connectivity index (χ3v) is 4.46. The summed E-state index contributed by atoms with van der Waals surface area (Å²) in [7, 11) is 0. The molecule has 3 aromatic rings. The molecule has 1 atom stereocenters. The minimum Gasteiger partial charge on any atom is -0.424 e. The SMILES string of the molecule is Cc1nnc(CN2C(=O)NC(C)(c3cccc4ccccc34)C2=O)o1. The molecule has 1 N–H and O–H groups in total. The second kappa shape index (κ2) is 5.41. The molecule has 7 nitrogen and oxygen atoms in total. The molecule has 0 spiro atoms. The number of nitrogens with zero attached hydrogens (tertiary/aromatic N) is 3. The monoisotopic (exact) mass is 336 g/mol. The molecule has 1 aromatic heterocycles. The highest BCUT2D eigenvalue weighted by molar-refractivity contribution is 6.09. The lowest BCUT2D eigenvalue weighted by atomic mass is 9.88. The van der Waals surface area contributed by atoms with E-state index in [4.69, 9.17) is 4.42 Å². The average Bonchev–Trinajstić information content (AvgIpc) is 3.11. The lowest BCUT2D eigenvalue weighted by Gasteiger charge is -2.23. The molecule has 3 amide bonds. The summed E-state index contributed by atoms with van der Waals surface area (Å²) in [6.45, 7) is 3.32. The zero-order chi connectivity index (χ0) is 17.6. The first-order valence-corrected chi connectivity index (χ1v) is 7.90. The van der Waals surface area contributed by atoms with Crippen molar-refractivity contribution in [1.82, 2.24) is 20.4 Å². The van der Waals surface area contributed by atoms with Gasteiger partial charge in [0.1, 0.15) is 12.1 Å². The first kappa shape index (κ1) is 15.3. The molecule has 2 heterocycles. The van der Waals surface area contributed by atoms with Crippen LogP contribution in [0.4, 0.5) is 4.79 Å². The fourth-order valence-electron chi connectivity index (χ4n) is 3.22. The summed E-state index contributed by atoms with van der Waals surface area (Å²) in [4.78, 5) is 26.6. The molecule has 1 unspecified atom stereocenters. The summed E-state index contributed by atoms with van der Waals surface area (Å²) in [5.74, 6) is 0.270. The van der Waals surface area contributed by atoms with E-state index in [-0.39, 0.29) is 18.3 Å². The molecule has 7 heteroatoms. The summed E-state index contributed by atoms with van der Waals surface area (Å²) in [6, 6.07) is 13.0. The van der Waals surface area contributed by atoms with Gasteiger partial charge in [-0.1, -0.05) is 42.5 Å². The van der Waals surface area contributed by atoms with E-state index in [1.807, 2.05) is 42.5 Å². The van der Waals surface area contributed by atoms with Crippen molar-refractivity contribution in [3.8, 4) is 0 Å². The molecule has 0 bridgehead atoms. The van der Waals surface area contributed by atoms with E-state index in [2.05, 4.69) is 15.5 Å². The van der Waals surface area contributed by atoms with Gasteiger partial charge in [-0.15, -0.1) is 10.2 Å². The van der Waals surface area contributed by atoms with Crippen molar-refractivity contribution in [2.45, 2.75) is 25.9 Å². The quantitative estimate of drug-likeness (QED) is 0.742. The zero-order valence-corrected chi connectivity index (χ0v) is 13.8. The van der Waals surface area contributed by atoms with Crippen LogP contribution in [0.1, 0.15) is 24.3 Å². The predicted octanol–water partition coefficient (Wildman–Crippen LogP) is 2.50. The van der Waals surface area contributed by atoms with Gasteiger partial charge in [0, 0.05) is 6.92 Å². The lowest BCUT2D eigenvalue weighted by molar-refractivity contribution is -0.131. The van der Waals surface area contributed by atoms with Crippen molar-refractivity contribution >= 4 is 22.7 Å². The Bertz CT molecular complexity index is 991. The number of carbonyl (C=O) groups is 2. The number of aryl methyl sites for hydroxylation is 1. The highest BCUT2D eigenvalue weighted by Crippen LogP contribution is 2.34. The van der Waals surface area contributed by atoms with E-state index in [0.717, 1.165) is 21.2 Å². The molecule has 0 radical (unpaired) electrons. The largest absolute Gasteiger partial charge is 0.424 e. The maximum absolute atomic E-state index is 13.0. The number of urea groups is 1. The molecule has 1 aliphatic rings. The second-order valence-corrected chi connectivity index (χ2v) is 6.19. The fourth-order valence-corrected chi connectivity index (χ4v) is 3.22. The Balaban J connectivity index is 1.74. The van der Waals surface area contributed by atoms with Crippen LogP contribution in [0.2, 0.25) is 0 Å². The minimum absolute atomic E-state index is 0.0497. The molecular formula is C18H16N4O3. The van der Waals surface area contributed by atoms with Crippen molar-refractivity contribution in [2.24, 2.45) is 0 Å². The van der Waals surface area contributed by atoms with E-state index in [1.54, 1.807) is 13.8 Å². The van der Waals surface area contributed by atoms with E-state index in [9.17, 15) is 9.59 Å². The molecule has 0 saturated carbocycles. The molecule has 2 aromatic carbocycles. The fraction of sp³-hybridized carbons (Fsp3) is 0.222. The number of nitrogens with one attached hydrogen (secondary N) is 1. The number of amides is 3. The minimum atomic E-state index is -1.15. The maximum atomic E-state index is 13.0. The average molecular weight is 336 g/mol. The normalized spacial score (nSPS) is 20.3. The van der Waals surface area contributed by atoms with Crippen molar-refractivity contribution in [2.75, 3.05) is 0 Å². The standard InChI is InChI=1S/C18H16N4O3/c1-11-20-21-15(25-11)10-22-16(23)18(2,19-17(22)24)14-9-5-7-12-6-3-4-8-13(12)14/h3-9H,10H2,1-2H3,(H,19,24). The summed E-state index contributed by atoms with van der Waals surface area (Å²) < 4.78 is 5.29. The van der Waals surface area contributed by atoms with Crippen LogP contribution in [0, 0.1) is 6.92 Å². The number of hydrogen-bond acceptors (Lipinski definition) is 5. The van der Waals surface area contributed by atoms with Crippen LogP contribution in [0.5, 0.6) is 0 Å². The third-order valence-electron chi connectivity index (χ3n) is 4.46. The van der Waals surface area contributed by atoms with Crippen molar-refractivity contribution in [1.29, 1.82) is 0 Å². The Morgan fingerprint density at radius 2 is 1.88 bits per heavy atom. The van der Waals surface area contributed by atoms with Crippen molar-refractivity contribution in [3.05, 3.63) is 59.8 Å². The summed E-state index contributed by atoms with van der Waals surface area (Å²) in [5, 5.41) is 12.3. The van der Waals surface area contributed by atoms with Gasteiger partial charge in [-0.05, 0) is 23.3 Å². The van der Waals surface area contributed by atoms with Gasteiger partial charge < -0.3 is 9.73 Å². The Labute approximate surface area is 143 Å². The summed E-state index contributed by atoms with van der Waals surface area (Å²) in [5.41, 5.74) is -0.388. The van der Waals surface area contributed by atoms with Gasteiger partial charge in [0.15, 0.2) is 0 Å². The Morgan fingerprint density at radius 1 is 1.12 bits per heavy atom. The van der Waals surface area contributed by atoms with E-state index >= 15 is 0 Å². The number of carbonyl (C=O) groups excluding carboxylic acids is 2. The number of hydrogen-bond donors (Lipinski definition) is 1. The Kier molecular flexibility index (Phi) is 3.31. The van der Waals surface area contributed by atoms with Gasteiger partial charge in [-0.3, -0.25) is 9.69 Å². The van der Waals surface area contributed by atoms with E-state index in [0.29, 0.717) is 5.89 Å². The van der Waals surface area contributed by atoms with Crippen LogP contribution in [0.25, 0.3) is 10.8 Å². The maximum Gasteiger partial charge on any atom is 0.325 e. The van der Waals surface area contributed by atoms with Crippen LogP contribution in [-0.2, 0) is 16.9 Å². The lowest BCUT2D eigenvalue weighted by Crippen LogP contribution is -2.41. The van der Waals surface area contributed by atoms with Gasteiger partial charge in [-0.2, -0.15) is 0 Å². The van der Waals surface area contributed by atoms with Gasteiger partial charge in [-0.25, -0.2) is 4.79 Å². The summed E-state index contributed by atoms with van der Waals surface area (Å²) >= 11 is 0. The van der Waals surface area contributed by atoms with Gasteiger partial charge in [0.25, 0.3) is 5.91 Å². The third kappa shape index (κ3) is 2.36. The van der Waals surface area contributed by atoms with Crippen LogP contribution < -0.4 is 5.32 Å². The molecule has 1 aliphatic heterocycles. The van der Waals surface area contributed by atoms with Crippen LogP contribution >= 0.6 is 0 Å². The second-order valence-electron chi connectivity index (χ2n) is 6.19. The van der Waals surface area contributed by atoms with Crippen molar-refractivity contribution < 1.29 is 14.0 Å². The molecule has 4 rings (SSSR count). The van der Waals surface area contributed by atoms with Crippen LogP contribution in [-0.4, -0.2) is 27.0 Å². The highest BCUT2D eigenvalue weighted by atomic mass is 16.4. The smallest absolute Gasteiger partial charge is 0.325 e. The van der Waals surface area contributed by atoms with Crippen molar-refractivity contribution in [3.63, 3.8) is 0 Å². The molecule has 1 fully saturated rings. The Morgan fingerprint density at radius 3 is 2.64 bits per heavy atom. The first-order chi connectivity index (χ1) is 12.0. The van der Waals surface area contributed by atoms with Gasteiger partial charge in [0.2, 0.25) is 11.8 Å². The highest BCUT2D eigenvalue weighted by Gasteiger charge is 2.50. The van der Waals surface area contributed by atoms with E-state index in [1.165, 1.54) is 0 Å². The molecule has 25 heavy (non-hydrogen) atoms.